The molecule has 0 spiro atoms. The summed E-state index contributed by atoms with van der Waals surface area (Å²) in [5, 5.41) is 0. The third-order valence-electron chi connectivity index (χ3n) is 2.70. The van der Waals surface area contributed by atoms with Crippen molar-refractivity contribution in [2.45, 2.75) is 17.9 Å². The Morgan fingerprint density at radius 2 is 1.95 bits per heavy atom. The summed E-state index contributed by atoms with van der Waals surface area (Å²) in [7, 11) is -3.25. The first kappa shape index (κ1) is 14.5. The van der Waals surface area contributed by atoms with Crippen LogP contribution in [0.25, 0.3) is 0 Å². The van der Waals surface area contributed by atoms with Gasteiger partial charge in [0.05, 0.1) is 16.8 Å². The number of benzene rings is 1. The second-order valence-electron chi connectivity index (χ2n) is 4.56. The normalized spacial score (nSPS) is 12.9. The molecule has 2 N–H and O–H groups in total. The van der Waals surface area contributed by atoms with Gasteiger partial charge in [0, 0.05) is 12.3 Å². The van der Waals surface area contributed by atoms with Crippen molar-refractivity contribution in [3.63, 3.8) is 0 Å². The summed E-state index contributed by atoms with van der Waals surface area (Å²) in [6.45, 7) is 1.85. The van der Waals surface area contributed by atoms with Crippen LogP contribution in [0.1, 0.15) is 18.7 Å². The maximum Gasteiger partial charge on any atom is 0.175 e. The Hall–Kier alpha value is -1.92. The van der Waals surface area contributed by atoms with E-state index in [0.29, 0.717) is 11.5 Å². The van der Waals surface area contributed by atoms with Crippen molar-refractivity contribution in [1.82, 2.24) is 4.98 Å². The van der Waals surface area contributed by atoms with E-state index < -0.39 is 9.84 Å². The molecular formula is C14H16N2O3S. The highest BCUT2D eigenvalue weighted by molar-refractivity contribution is 7.90. The number of hydrogen-bond acceptors (Lipinski definition) is 5. The lowest BCUT2D eigenvalue weighted by molar-refractivity contribution is 0.477. The molecule has 1 heterocycles. The van der Waals surface area contributed by atoms with Gasteiger partial charge < -0.3 is 10.5 Å². The van der Waals surface area contributed by atoms with Gasteiger partial charge in [-0.05, 0) is 37.3 Å². The van der Waals surface area contributed by atoms with Crippen LogP contribution in [-0.4, -0.2) is 19.7 Å². The number of nitrogens with zero attached hydrogens (tertiary/aromatic N) is 1. The minimum Gasteiger partial charge on any atom is -0.456 e. The van der Waals surface area contributed by atoms with Crippen molar-refractivity contribution in [2.24, 2.45) is 5.73 Å². The average Bonchev–Trinajstić information content (AvgIpc) is 2.38. The first-order valence-corrected chi connectivity index (χ1v) is 7.95. The fourth-order valence-electron chi connectivity index (χ4n) is 1.63. The van der Waals surface area contributed by atoms with E-state index in [-0.39, 0.29) is 10.9 Å². The molecule has 1 aromatic carbocycles. The van der Waals surface area contributed by atoms with Crippen LogP contribution >= 0.6 is 0 Å². The van der Waals surface area contributed by atoms with Gasteiger partial charge in [-0.1, -0.05) is 6.07 Å². The summed E-state index contributed by atoms with van der Waals surface area (Å²) in [5.74, 6) is 0.975. The molecule has 1 aromatic heterocycles. The standard InChI is InChI=1S/C14H16N2O3S/c1-10(15)14-7-6-12(9-16-14)19-11-4-3-5-13(8-11)20(2,17)18/h3-10H,15H2,1-2H3/t10-/m1/s1. The van der Waals surface area contributed by atoms with Gasteiger partial charge in [0.15, 0.2) is 9.84 Å². The fraction of sp³-hybridized carbons (Fsp3) is 0.214. The van der Waals surface area contributed by atoms with Crippen LogP contribution in [0.4, 0.5) is 0 Å². The van der Waals surface area contributed by atoms with Gasteiger partial charge in [-0.3, -0.25) is 4.98 Å². The van der Waals surface area contributed by atoms with Crippen molar-refractivity contribution in [3.05, 3.63) is 48.3 Å². The molecule has 5 nitrogen and oxygen atoms in total. The predicted molar refractivity (Wildman–Crippen MR) is 76.5 cm³/mol. The number of sulfone groups is 1. The Bertz CT molecular complexity index is 695. The van der Waals surface area contributed by atoms with E-state index in [1.807, 2.05) is 6.92 Å². The minimum atomic E-state index is -3.25. The van der Waals surface area contributed by atoms with E-state index in [0.717, 1.165) is 11.9 Å². The summed E-state index contributed by atoms with van der Waals surface area (Å²) in [5.41, 5.74) is 6.48. The van der Waals surface area contributed by atoms with E-state index in [9.17, 15) is 8.42 Å². The van der Waals surface area contributed by atoms with Crippen molar-refractivity contribution < 1.29 is 13.2 Å². The second-order valence-corrected chi connectivity index (χ2v) is 6.57. The second kappa shape index (κ2) is 5.60. The number of aromatic nitrogens is 1. The zero-order valence-corrected chi connectivity index (χ0v) is 12.1. The number of rotatable bonds is 4. The Morgan fingerprint density at radius 1 is 1.20 bits per heavy atom. The number of hydrogen-bond donors (Lipinski definition) is 1. The van der Waals surface area contributed by atoms with Gasteiger partial charge in [0.25, 0.3) is 0 Å². The first-order chi connectivity index (χ1) is 9.36. The summed E-state index contributed by atoms with van der Waals surface area (Å²) in [4.78, 5) is 4.40. The molecule has 2 aromatic rings. The molecule has 6 heteroatoms. The molecule has 0 fully saturated rings. The van der Waals surface area contributed by atoms with Gasteiger partial charge in [-0.25, -0.2) is 8.42 Å². The number of pyridine rings is 1. The highest BCUT2D eigenvalue weighted by Gasteiger charge is 2.08. The minimum absolute atomic E-state index is 0.141. The molecule has 106 valence electrons. The van der Waals surface area contributed by atoms with Gasteiger partial charge in [-0.2, -0.15) is 0 Å². The Labute approximate surface area is 118 Å². The molecular weight excluding hydrogens is 276 g/mol. The van der Waals surface area contributed by atoms with Gasteiger partial charge >= 0.3 is 0 Å². The van der Waals surface area contributed by atoms with Gasteiger partial charge in [0.2, 0.25) is 0 Å². The van der Waals surface area contributed by atoms with E-state index in [1.54, 1.807) is 30.5 Å². The first-order valence-electron chi connectivity index (χ1n) is 6.06. The van der Waals surface area contributed by atoms with Crippen molar-refractivity contribution in [3.8, 4) is 11.5 Å². The smallest absolute Gasteiger partial charge is 0.175 e. The maximum absolute atomic E-state index is 11.5. The van der Waals surface area contributed by atoms with E-state index in [2.05, 4.69) is 4.98 Å². The Morgan fingerprint density at radius 3 is 2.50 bits per heavy atom. The molecule has 0 aliphatic heterocycles. The van der Waals surface area contributed by atoms with Crippen LogP contribution in [0, 0.1) is 0 Å². The largest absolute Gasteiger partial charge is 0.456 e. The highest BCUT2D eigenvalue weighted by Crippen LogP contribution is 2.24. The van der Waals surface area contributed by atoms with Crippen LogP contribution in [0.15, 0.2) is 47.5 Å². The topological polar surface area (TPSA) is 82.3 Å². The summed E-state index contributed by atoms with van der Waals surface area (Å²) in [6, 6.07) is 9.72. The highest BCUT2D eigenvalue weighted by atomic mass is 32.2. The van der Waals surface area contributed by atoms with Crippen LogP contribution in [0.5, 0.6) is 11.5 Å². The molecule has 0 radical (unpaired) electrons. The lowest BCUT2D eigenvalue weighted by atomic mass is 10.2. The molecule has 0 bridgehead atoms. The van der Waals surface area contributed by atoms with Gasteiger partial charge in [-0.15, -0.1) is 0 Å². The summed E-state index contributed by atoms with van der Waals surface area (Å²) < 4.78 is 28.5. The molecule has 1 atom stereocenters. The summed E-state index contributed by atoms with van der Waals surface area (Å²) >= 11 is 0. The molecule has 0 amide bonds. The third kappa shape index (κ3) is 3.55. The number of nitrogens with two attached hydrogens (primary N) is 1. The van der Waals surface area contributed by atoms with Gasteiger partial charge in [0.1, 0.15) is 11.5 Å². The molecule has 0 aliphatic carbocycles. The fourth-order valence-corrected chi connectivity index (χ4v) is 2.28. The average molecular weight is 292 g/mol. The van der Waals surface area contributed by atoms with Crippen LogP contribution in [0.3, 0.4) is 0 Å². The molecule has 2 rings (SSSR count). The van der Waals surface area contributed by atoms with E-state index in [4.69, 9.17) is 10.5 Å². The van der Waals surface area contributed by atoms with E-state index >= 15 is 0 Å². The Balaban J connectivity index is 2.22. The van der Waals surface area contributed by atoms with Crippen LogP contribution in [0.2, 0.25) is 0 Å². The lowest BCUT2D eigenvalue weighted by Gasteiger charge is -2.08. The third-order valence-corrected chi connectivity index (χ3v) is 3.81. The van der Waals surface area contributed by atoms with Crippen molar-refractivity contribution in [1.29, 1.82) is 0 Å². The van der Waals surface area contributed by atoms with Crippen molar-refractivity contribution >= 4 is 9.84 Å². The zero-order valence-electron chi connectivity index (χ0n) is 11.3. The number of ether oxygens (including phenoxy) is 1. The van der Waals surface area contributed by atoms with E-state index in [1.165, 1.54) is 12.1 Å². The summed E-state index contributed by atoms with van der Waals surface area (Å²) in [6.07, 6.45) is 2.72. The lowest BCUT2D eigenvalue weighted by Crippen LogP contribution is -2.06. The van der Waals surface area contributed by atoms with Crippen molar-refractivity contribution in [2.75, 3.05) is 6.26 Å². The molecule has 20 heavy (non-hydrogen) atoms. The quantitative estimate of drug-likeness (QED) is 0.935. The molecule has 0 saturated heterocycles. The molecule has 0 aliphatic rings. The molecule has 0 unspecified atom stereocenters. The SMILES string of the molecule is C[C@@H](N)c1ccc(Oc2cccc(S(C)(=O)=O)c2)cn1. The zero-order chi connectivity index (χ0) is 14.8. The maximum atomic E-state index is 11.5. The molecule has 0 saturated carbocycles. The predicted octanol–water partition coefficient (Wildman–Crippen LogP) is 2.30. The monoisotopic (exact) mass is 292 g/mol. The van der Waals surface area contributed by atoms with Crippen LogP contribution in [-0.2, 0) is 9.84 Å². The van der Waals surface area contributed by atoms with Crippen LogP contribution < -0.4 is 10.5 Å². The Kier molecular flexibility index (Phi) is 4.06.